The quantitative estimate of drug-likeness (QED) is 0.698. The Kier molecular flexibility index (Phi) is 4.01. The van der Waals surface area contributed by atoms with Crippen molar-refractivity contribution in [2.24, 2.45) is 0 Å². The summed E-state index contributed by atoms with van der Waals surface area (Å²) in [6, 6.07) is 5.62. The molecule has 2 aliphatic rings. The van der Waals surface area contributed by atoms with E-state index in [2.05, 4.69) is 0 Å². The van der Waals surface area contributed by atoms with Crippen molar-refractivity contribution in [3.05, 3.63) is 52.6 Å². The lowest BCUT2D eigenvalue weighted by molar-refractivity contribution is -0.135. The van der Waals surface area contributed by atoms with Gasteiger partial charge in [0, 0.05) is 30.4 Å². The van der Waals surface area contributed by atoms with Gasteiger partial charge in [0.1, 0.15) is 34.3 Å². The Balaban J connectivity index is 1.90. The zero-order valence-corrected chi connectivity index (χ0v) is 15.6. The fourth-order valence-corrected chi connectivity index (χ4v) is 3.67. The number of Topliss-reactive ketones (excluding diaryl/α,β-unsaturated/α-hetero) is 1. The lowest BCUT2D eigenvalue weighted by Crippen LogP contribution is -2.52. The molecule has 0 saturated heterocycles. The molecule has 2 heterocycles. The van der Waals surface area contributed by atoms with Crippen molar-refractivity contribution in [1.29, 1.82) is 0 Å². The number of rotatable bonds is 3. The lowest BCUT2D eigenvalue weighted by Gasteiger charge is -2.36. The SMILES string of the molecule is CO[C@@]12C(=O)c3c(cc(O)c(CC=C(C)C)c3O)O[C@@H]1Oc1cc(O)ccc12. The highest BCUT2D eigenvalue weighted by Gasteiger charge is 2.61. The van der Waals surface area contributed by atoms with Crippen molar-refractivity contribution in [2.45, 2.75) is 32.2 Å². The molecule has 0 fully saturated rings. The van der Waals surface area contributed by atoms with Gasteiger partial charge in [-0.3, -0.25) is 4.79 Å². The summed E-state index contributed by atoms with van der Waals surface area (Å²) in [6.07, 6.45) is 0.933. The van der Waals surface area contributed by atoms with Gasteiger partial charge in [0.05, 0.1) is 0 Å². The number of hydrogen-bond donors (Lipinski definition) is 3. The zero-order chi connectivity index (χ0) is 20.2. The number of carbonyl (C=O) groups is 1. The molecule has 0 saturated carbocycles. The van der Waals surface area contributed by atoms with E-state index in [-0.39, 0.29) is 46.3 Å². The van der Waals surface area contributed by atoms with Crippen LogP contribution in [0.25, 0.3) is 0 Å². The van der Waals surface area contributed by atoms with Crippen molar-refractivity contribution in [1.82, 2.24) is 0 Å². The van der Waals surface area contributed by atoms with Crippen molar-refractivity contribution < 1.29 is 34.3 Å². The first-order valence-electron chi connectivity index (χ1n) is 8.77. The summed E-state index contributed by atoms with van der Waals surface area (Å²) in [7, 11) is 1.35. The van der Waals surface area contributed by atoms with Gasteiger partial charge >= 0.3 is 0 Å². The second kappa shape index (κ2) is 6.17. The molecule has 3 N–H and O–H groups in total. The van der Waals surface area contributed by atoms with Gasteiger partial charge in [0.15, 0.2) is 0 Å². The molecular formula is C21H20O7. The molecule has 0 aromatic heterocycles. The lowest BCUT2D eigenvalue weighted by atomic mass is 9.82. The second-order valence-corrected chi connectivity index (χ2v) is 7.10. The maximum absolute atomic E-state index is 13.5. The molecule has 28 heavy (non-hydrogen) atoms. The summed E-state index contributed by atoms with van der Waals surface area (Å²) in [6.45, 7) is 3.79. The number of allylic oxidation sites excluding steroid dienone is 2. The van der Waals surface area contributed by atoms with E-state index in [0.29, 0.717) is 5.56 Å². The highest BCUT2D eigenvalue weighted by atomic mass is 16.7. The van der Waals surface area contributed by atoms with Gasteiger partial charge in [-0.2, -0.15) is 0 Å². The van der Waals surface area contributed by atoms with Crippen LogP contribution in [0.15, 0.2) is 35.9 Å². The third kappa shape index (κ3) is 2.36. The number of aromatic hydroxyl groups is 3. The number of ether oxygens (including phenoxy) is 3. The monoisotopic (exact) mass is 384 g/mol. The molecule has 2 aliphatic heterocycles. The van der Waals surface area contributed by atoms with E-state index in [4.69, 9.17) is 14.2 Å². The number of methoxy groups -OCH3 is 1. The number of phenols is 3. The Labute approximate surface area is 161 Å². The first-order chi connectivity index (χ1) is 13.3. The number of carbonyl (C=O) groups excluding carboxylic acids is 1. The minimum atomic E-state index is -1.63. The molecule has 4 rings (SSSR count). The number of fused-ring (bicyclic) bond motifs is 4. The van der Waals surface area contributed by atoms with E-state index < -0.39 is 17.7 Å². The van der Waals surface area contributed by atoms with E-state index in [1.165, 1.54) is 31.4 Å². The Morgan fingerprint density at radius 2 is 1.89 bits per heavy atom. The molecule has 7 heteroatoms. The van der Waals surface area contributed by atoms with Gasteiger partial charge in [0.2, 0.25) is 11.4 Å². The summed E-state index contributed by atoms with van der Waals surface area (Å²) in [4.78, 5) is 13.5. The molecule has 146 valence electrons. The van der Waals surface area contributed by atoms with E-state index in [0.717, 1.165) is 5.57 Å². The second-order valence-electron chi connectivity index (χ2n) is 7.10. The van der Waals surface area contributed by atoms with Gasteiger partial charge < -0.3 is 29.5 Å². The fourth-order valence-electron chi connectivity index (χ4n) is 3.67. The Bertz CT molecular complexity index is 1020. The number of ketones is 1. The van der Waals surface area contributed by atoms with Gasteiger partial charge in [-0.05, 0) is 32.4 Å². The predicted octanol–water partition coefficient (Wildman–Crippen LogP) is 3.15. The molecule has 2 aromatic rings. The van der Waals surface area contributed by atoms with Crippen LogP contribution < -0.4 is 9.47 Å². The molecule has 0 amide bonds. The van der Waals surface area contributed by atoms with Crippen molar-refractivity contribution >= 4 is 5.78 Å². The van der Waals surface area contributed by atoms with Gasteiger partial charge in [-0.15, -0.1) is 0 Å². The van der Waals surface area contributed by atoms with Gasteiger partial charge in [0.25, 0.3) is 6.29 Å². The highest BCUT2D eigenvalue weighted by Crippen LogP contribution is 2.54. The van der Waals surface area contributed by atoms with Gasteiger partial charge in [-0.1, -0.05) is 11.6 Å². The first kappa shape index (κ1) is 18.2. The highest BCUT2D eigenvalue weighted by molar-refractivity contribution is 6.10. The van der Waals surface area contributed by atoms with Crippen molar-refractivity contribution in [3.63, 3.8) is 0 Å². The van der Waals surface area contributed by atoms with E-state index in [1.807, 2.05) is 19.9 Å². The molecule has 0 unspecified atom stereocenters. The Morgan fingerprint density at radius 1 is 1.18 bits per heavy atom. The molecule has 0 spiro atoms. The molecular weight excluding hydrogens is 364 g/mol. The molecule has 2 atom stereocenters. The van der Waals surface area contributed by atoms with Crippen LogP contribution in [0.2, 0.25) is 0 Å². The number of benzene rings is 2. The molecule has 2 aromatic carbocycles. The predicted molar refractivity (Wildman–Crippen MR) is 99.1 cm³/mol. The van der Waals surface area contributed by atoms with Crippen LogP contribution in [0.5, 0.6) is 28.7 Å². The van der Waals surface area contributed by atoms with Crippen LogP contribution in [-0.4, -0.2) is 34.5 Å². The molecule has 0 aliphatic carbocycles. The third-order valence-electron chi connectivity index (χ3n) is 5.11. The van der Waals surface area contributed by atoms with Crippen molar-refractivity contribution in [3.8, 4) is 28.7 Å². The summed E-state index contributed by atoms with van der Waals surface area (Å²) < 4.78 is 17.1. The standard InChI is InChI=1S/C21H20O7/c1-10(2)4-6-12-14(23)9-16-17(18(12)24)19(25)21(26-3)13-7-5-11(22)8-15(13)27-20(21)28-16/h4-5,7-9,20,22-24H,6H2,1-3H3/t20-,21-/m0/s1. The van der Waals surface area contributed by atoms with Crippen LogP contribution in [0.4, 0.5) is 0 Å². The largest absolute Gasteiger partial charge is 0.508 e. The van der Waals surface area contributed by atoms with Crippen LogP contribution in [-0.2, 0) is 16.8 Å². The maximum atomic E-state index is 13.5. The summed E-state index contributed by atoms with van der Waals surface area (Å²) in [5.41, 5.74) is -0.0700. The van der Waals surface area contributed by atoms with Gasteiger partial charge in [-0.25, -0.2) is 0 Å². The van der Waals surface area contributed by atoms with Crippen molar-refractivity contribution in [2.75, 3.05) is 7.11 Å². The minimum Gasteiger partial charge on any atom is -0.508 e. The maximum Gasteiger partial charge on any atom is 0.281 e. The Morgan fingerprint density at radius 3 is 2.57 bits per heavy atom. The van der Waals surface area contributed by atoms with Crippen LogP contribution >= 0.6 is 0 Å². The van der Waals surface area contributed by atoms with E-state index in [9.17, 15) is 20.1 Å². The average Bonchev–Trinajstić information content (AvgIpc) is 2.94. The average molecular weight is 384 g/mol. The summed E-state index contributed by atoms with van der Waals surface area (Å²) in [5.74, 6) is -0.837. The smallest absolute Gasteiger partial charge is 0.281 e. The van der Waals surface area contributed by atoms with Crippen LogP contribution in [0, 0.1) is 0 Å². The topological polar surface area (TPSA) is 105 Å². The van der Waals surface area contributed by atoms with E-state index in [1.54, 1.807) is 0 Å². The fraction of sp³-hybridized carbons (Fsp3) is 0.286. The molecule has 0 bridgehead atoms. The molecule has 0 radical (unpaired) electrons. The van der Waals surface area contributed by atoms with Crippen LogP contribution in [0.3, 0.4) is 0 Å². The zero-order valence-electron chi connectivity index (χ0n) is 15.6. The first-order valence-corrected chi connectivity index (χ1v) is 8.77. The number of phenolic OH excluding ortho intramolecular Hbond substituents is 3. The normalized spacial score (nSPS) is 21.8. The Hall–Kier alpha value is -3.19. The minimum absolute atomic E-state index is 0.00986. The van der Waals surface area contributed by atoms with E-state index >= 15 is 0 Å². The third-order valence-corrected chi connectivity index (χ3v) is 5.11. The molecule has 7 nitrogen and oxygen atoms in total. The van der Waals surface area contributed by atoms with Crippen LogP contribution in [0.1, 0.15) is 35.3 Å². The summed E-state index contributed by atoms with van der Waals surface area (Å²) >= 11 is 0. The number of hydrogen-bond acceptors (Lipinski definition) is 7. The summed E-state index contributed by atoms with van der Waals surface area (Å²) in [5, 5.41) is 30.8.